The predicted octanol–water partition coefficient (Wildman–Crippen LogP) is 4.63. The van der Waals surface area contributed by atoms with Crippen molar-refractivity contribution in [2.24, 2.45) is 0 Å². The highest BCUT2D eigenvalue weighted by Gasteiger charge is 2.29. The smallest absolute Gasteiger partial charge is 0.270 e. The third-order valence-electron chi connectivity index (χ3n) is 7.26. The fourth-order valence-corrected chi connectivity index (χ4v) is 5.15. The van der Waals surface area contributed by atoms with Gasteiger partial charge in [-0.1, -0.05) is 23.7 Å². The van der Waals surface area contributed by atoms with Crippen LogP contribution in [0.2, 0.25) is 5.02 Å². The van der Waals surface area contributed by atoms with E-state index >= 15 is 0 Å². The van der Waals surface area contributed by atoms with E-state index in [0.29, 0.717) is 66.3 Å². The number of carbonyl (C=O) groups is 1. The van der Waals surface area contributed by atoms with E-state index in [1.54, 1.807) is 47.4 Å². The molecule has 11 nitrogen and oxygen atoms in total. The number of rotatable bonds is 9. The second kappa shape index (κ2) is 12.6. The van der Waals surface area contributed by atoms with Crippen LogP contribution in [0.4, 0.5) is 5.69 Å². The quantitative estimate of drug-likeness (QED) is 0.204. The highest BCUT2D eigenvalue weighted by Crippen LogP contribution is 2.29. The Morgan fingerprint density at radius 3 is 2.45 bits per heavy atom. The normalized spacial score (nSPS) is 14.5. The molecule has 0 saturated carbocycles. The maximum absolute atomic E-state index is 14.0. The van der Waals surface area contributed by atoms with E-state index in [-0.39, 0.29) is 29.6 Å². The fraction of sp³-hybridized carbons (Fsp3) is 0.300. The Balaban J connectivity index is 1.42. The van der Waals surface area contributed by atoms with E-state index < -0.39 is 10.5 Å². The van der Waals surface area contributed by atoms with Gasteiger partial charge in [-0.25, -0.2) is 4.98 Å². The second-order valence-corrected chi connectivity index (χ2v) is 10.2. The third kappa shape index (κ3) is 6.07. The molecule has 1 amide bonds. The number of hydrogen-bond acceptors (Lipinski definition) is 8. The summed E-state index contributed by atoms with van der Waals surface area (Å²) in [6.45, 7) is 6.18. The zero-order chi connectivity index (χ0) is 29.8. The largest absolute Gasteiger partial charge is 0.492 e. The molecule has 0 bridgehead atoms. The first kappa shape index (κ1) is 29.0. The Labute approximate surface area is 247 Å². The van der Waals surface area contributed by atoms with Gasteiger partial charge in [0, 0.05) is 43.3 Å². The summed E-state index contributed by atoms with van der Waals surface area (Å²) < 4.78 is 12.9. The van der Waals surface area contributed by atoms with Gasteiger partial charge in [0.25, 0.3) is 17.2 Å². The average Bonchev–Trinajstić information content (AvgIpc) is 3.00. The molecular formula is C30H30ClN5O6. The molecule has 0 radical (unpaired) electrons. The number of aromatic nitrogens is 2. The molecule has 1 saturated heterocycles. The lowest BCUT2D eigenvalue weighted by Crippen LogP contribution is -2.51. The first-order valence-electron chi connectivity index (χ1n) is 13.6. The van der Waals surface area contributed by atoms with Gasteiger partial charge in [0.05, 0.1) is 34.2 Å². The molecule has 1 unspecified atom stereocenters. The minimum absolute atomic E-state index is 0.0801. The molecule has 42 heavy (non-hydrogen) atoms. The van der Waals surface area contributed by atoms with Crippen LogP contribution < -0.4 is 15.0 Å². The topological polar surface area (TPSA) is 120 Å². The molecule has 3 aromatic carbocycles. The van der Waals surface area contributed by atoms with Crippen molar-refractivity contribution in [3.63, 3.8) is 0 Å². The van der Waals surface area contributed by atoms with E-state index in [1.807, 2.05) is 19.9 Å². The molecule has 12 heteroatoms. The molecule has 218 valence electrons. The number of nitrogens with zero attached hydrogens (tertiary/aromatic N) is 5. The Morgan fingerprint density at radius 2 is 1.76 bits per heavy atom. The Bertz CT molecular complexity index is 1670. The minimum atomic E-state index is -0.533. The van der Waals surface area contributed by atoms with Crippen LogP contribution >= 0.6 is 11.6 Å². The van der Waals surface area contributed by atoms with Crippen molar-refractivity contribution in [3.8, 4) is 17.2 Å². The zero-order valence-corrected chi connectivity index (χ0v) is 24.0. The van der Waals surface area contributed by atoms with Crippen LogP contribution in [0.1, 0.15) is 25.7 Å². The first-order chi connectivity index (χ1) is 20.3. The van der Waals surface area contributed by atoms with Gasteiger partial charge in [-0.3, -0.25) is 29.2 Å². The summed E-state index contributed by atoms with van der Waals surface area (Å²) in [5, 5.41) is 12.2. The van der Waals surface area contributed by atoms with Crippen LogP contribution in [0.15, 0.2) is 71.5 Å². The molecule has 0 spiro atoms. The molecule has 4 aromatic rings. The van der Waals surface area contributed by atoms with Gasteiger partial charge in [0.15, 0.2) is 6.61 Å². The lowest BCUT2D eigenvalue weighted by atomic mass is 10.1. The van der Waals surface area contributed by atoms with Crippen molar-refractivity contribution in [1.29, 1.82) is 0 Å². The number of halogens is 1. The van der Waals surface area contributed by atoms with Gasteiger partial charge < -0.3 is 14.4 Å². The Morgan fingerprint density at radius 1 is 1.05 bits per heavy atom. The summed E-state index contributed by atoms with van der Waals surface area (Å²) in [7, 11) is 0. The van der Waals surface area contributed by atoms with Gasteiger partial charge in [0.2, 0.25) is 0 Å². The van der Waals surface area contributed by atoms with Crippen LogP contribution in [0.3, 0.4) is 0 Å². The molecule has 1 fully saturated rings. The van der Waals surface area contributed by atoms with Gasteiger partial charge in [-0.2, -0.15) is 0 Å². The standard InChI is InChI=1S/C30H30ClN5O6/c1-3-41-27-7-5-4-6-26(27)35-29(32-25-13-10-22(36(39)40)18-24(25)30(35)38)20(2)33-14-16-34(17-15-33)28(37)19-42-23-11-8-21(31)9-12-23/h4-13,18,20H,3,14-17,19H2,1-2H3. The van der Waals surface area contributed by atoms with Gasteiger partial charge in [0.1, 0.15) is 17.3 Å². The fourth-order valence-electron chi connectivity index (χ4n) is 5.03. The van der Waals surface area contributed by atoms with E-state index in [4.69, 9.17) is 26.1 Å². The lowest BCUT2D eigenvalue weighted by molar-refractivity contribution is -0.384. The van der Waals surface area contributed by atoms with Gasteiger partial charge >= 0.3 is 0 Å². The summed E-state index contributed by atoms with van der Waals surface area (Å²) in [5.74, 6) is 1.42. The molecule has 1 atom stereocenters. The zero-order valence-electron chi connectivity index (χ0n) is 23.2. The van der Waals surface area contributed by atoms with Crippen LogP contribution in [0.5, 0.6) is 11.5 Å². The summed E-state index contributed by atoms with van der Waals surface area (Å²) in [6.07, 6.45) is 0. The molecule has 1 aliphatic rings. The number of nitro groups is 1. The number of piperazine rings is 1. The number of hydrogen-bond donors (Lipinski definition) is 0. The average molecular weight is 592 g/mol. The van der Waals surface area contributed by atoms with Crippen molar-refractivity contribution < 1.29 is 19.2 Å². The van der Waals surface area contributed by atoms with Crippen LogP contribution in [0, 0.1) is 10.1 Å². The summed E-state index contributed by atoms with van der Waals surface area (Å²) in [6, 6.07) is 17.8. The Kier molecular flexibility index (Phi) is 8.69. The summed E-state index contributed by atoms with van der Waals surface area (Å²) in [4.78, 5) is 46.5. The maximum Gasteiger partial charge on any atom is 0.270 e. The maximum atomic E-state index is 14.0. The summed E-state index contributed by atoms with van der Waals surface area (Å²) >= 11 is 5.91. The number of fused-ring (bicyclic) bond motifs is 1. The van der Waals surface area contributed by atoms with Crippen molar-refractivity contribution >= 4 is 34.1 Å². The van der Waals surface area contributed by atoms with E-state index in [1.165, 1.54) is 22.8 Å². The molecule has 0 N–H and O–H groups in total. The highest BCUT2D eigenvalue weighted by atomic mass is 35.5. The van der Waals surface area contributed by atoms with Gasteiger partial charge in [-0.05, 0) is 56.3 Å². The number of nitro benzene ring substituents is 1. The molecule has 1 aliphatic heterocycles. The predicted molar refractivity (Wildman–Crippen MR) is 159 cm³/mol. The van der Waals surface area contributed by atoms with E-state index in [9.17, 15) is 19.7 Å². The second-order valence-electron chi connectivity index (χ2n) is 9.81. The SMILES string of the molecule is CCOc1ccccc1-n1c(C(C)N2CCN(C(=O)COc3ccc(Cl)cc3)CC2)nc2ccc([N+](=O)[O-])cc2c1=O. The first-order valence-corrected chi connectivity index (χ1v) is 14.0. The number of para-hydroxylation sites is 2. The number of benzene rings is 3. The van der Waals surface area contributed by atoms with Crippen LogP contribution in [0.25, 0.3) is 16.6 Å². The van der Waals surface area contributed by atoms with Gasteiger partial charge in [-0.15, -0.1) is 0 Å². The number of amides is 1. The molecule has 0 aliphatic carbocycles. The van der Waals surface area contributed by atoms with E-state index in [2.05, 4.69) is 4.90 Å². The lowest BCUT2D eigenvalue weighted by Gasteiger charge is -2.38. The number of non-ortho nitro benzene ring substituents is 1. The van der Waals surface area contributed by atoms with Crippen LogP contribution in [-0.4, -0.2) is 69.6 Å². The minimum Gasteiger partial charge on any atom is -0.492 e. The van der Waals surface area contributed by atoms with E-state index in [0.717, 1.165) is 0 Å². The monoisotopic (exact) mass is 591 g/mol. The van der Waals surface area contributed by atoms with Crippen LogP contribution in [-0.2, 0) is 4.79 Å². The highest BCUT2D eigenvalue weighted by molar-refractivity contribution is 6.30. The van der Waals surface area contributed by atoms with Crippen molar-refractivity contribution in [1.82, 2.24) is 19.4 Å². The Hall–Kier alpha value is -4.48. The molecular weight excluding hydrogens is 562 g/mol. The summed E-state index contributed by atoms with van der Waals surface area (Å²) in [5.41, 5.74) is 0.254. The molecule has 2 heterocycles. The third-order valence-corrected chi connectivity index (χ3v) is 7.51. The van der Waals surface area contributed by atoms with Crippen molar-refractivity contribution in [2.45, 2.75) is 19.9 Å². The number of carbonyl (C=O) groups excluding carboxylic acids is 1. The number of ether oxygens (including phenoxy) is 2. The van der Waals surface area contributed by atoms with Crippen molar-refractivity contribution in [2.75, 3.05) is 39.4 Å². The molecule has 1 aromatic heterocycles. The van der Waals surface area contributed by atoms with Crippen molar-refractivity contribution in [3.05, 3.63) is 98.0 Å². The molecule has 5 rings (SSSR count).